The molecule has 0 spiro atoms. The molecule has 131 valence electrons. The molecular weight excluding hydrogens is 402 g/mol. The van der Waals surface area contributed by atoms with E-state index in [2.05, 4.69) is 26.3 Å². The number of halogens is 1. The van der Waals surface area contributed by atoms with E-state index in [1.165, 1.54) is 18.2 Å². The second kappa shape index (κ2) is 6.96. The topological polar surface area (TPSA) is 114 Å². The van der Waals surface area contributed by atoms with Crippen LogP contribution in [0.25, 0.3) is 11.3 Å². The Hall–Kier alpha value is -3.20. The Kier molecular flexibility index (Phi) is 4.72. The maximum Gasteiger partial charge on any atom is 0.284 e. The summed E-state index contributed by atoms with van der Waals surface area (Å²) in [5.41, 5.74) is 9.26. The molecule has 0 aliphatic carbocycles. The van der Waals surface area contributed by atoms with Gasteiger partial charge < -0.3 is 5.32 Å². The van der Waals surface area contributed by atoms with Gasteiger partial charge >= 0.3 is 0 Å². The fourth-order valence-electron chi connectivity index (χ4n) is 2.52. The number of aromatic nitrogens is 2. The van der Waals surface area contributed by atoms with Gasteiger partial charge in [-0.1, -0.05) is 12.1 Å². The molecule has 0 aliphatic heterocycles. The molecule has 1 aromatic heterocycles. The van der Waals surface area contributed by atoms with Crippen LogP contribution in [0.2, 0.25) is 0 Å². The fourth-order valence-corrected chi connectivity index (χ4v) is 3.12. The zero-order valence-corrected chi connectivity index (χ0v) is 15.1. The highest BCUT2D eigenvalue weighted by molar-refractivity contribution is 9.10. The predicted molar refractivity (Wildman–Crippen MR) is 100 cm³/mol. The van der Waals surface area contributed by atoms with Crippen LogP contribution in [0.3, 0.4) is 0 Å². The Morgan fingerprint density at radius 1 is 1.27 bits per heavy atom. The largest absolute Gasteiger partial charge is 0.355 e. The molecule has 1 radical (unpaired) electrons. The minimum atomic E-state index is -1.09. The molecule has 0 aliphatic rings. The van der Waals surface area contributed by atoms with Crippen LogP contribution in [-0.4, -0.2) is 20.6 Å². The highest BCUT2D eigenvalue weighted by Gasteiger charge is 2.19. The first-order valence-electron chi connectivity index (χ1n) is 7.46. The Morgan fingerprint density at radius 3 is 2.62 bits per heavy atom. The van der Waals surface area contributed by atoms with Crippen molar-refractivity contribution in [3.05, 3.63) is 68.8 Å². The summed E-state index contributed by atoms with van der Waals surface area (Å²) in [5.74, 6) is -1.09. The second-order valence-corrected chi connectivity index (χ2v) is 6.38. The van der Waals surface area contributed by atoms with Crippen molar-refractivity contribution in [1.29, 1.82) is 0 Å². The Bertz CT molecular complexity index is 1020. The third-order valence-electron chi connectivity index (χ3n) is 3.65. The molecule has 26 heavy (non-hydrogen) atoms. The van der Waals surface area contributed by atoms with Gasteiger partial charge in [0, 0.05) is 36.2 Å². The van der Waals surface area contributed by atoms with Crippen LogP contribution in [0.1, 0.15) is 10.4 Å². The van der Waals surface area contributed by atoms with E-state index < -0.39 is 16.5 Å². The standard InChI is InChI=1S/C17H13BrN5O3/c1-22-9-14(18)16(21-22)10-3-2-4-11(7-10)20-12-5-6-13(17(19)24)15(8-12)23(25)26/h2-9,19-20H,1H3. The van der Waals surface area contributed by atoms with E-state index in [1.807, 2.05) is 37.5 Å². The Morgan fingerprint density at radius 2 is 2.00 bits per heavy atom. The summed E-state index contributed by atoms with van der Waals surface area (Å²) in [6.07, 6.45) is 1.84. The SMILES string of the molecule is Cn1cc(Br)c(-c2cccc(Nc3ccc(C([NH])=O)c([N+](=O)[O-])c3)c2)n1. The van der Waals surface area contributed by atoms with Crippen LogP contribution in [-0.2, 0) is 7.05 Å². The normalized spacial score (nSPS) is 10.5. The number of nitro groups is 1. The lowest BCUT2D eigenvalue weighted by Crippen LogP contribution is -2.05. The molecule has 0 saturated heterocycles. The summed E-state index contributed by atoms with van der Waals surface area (Å²) in [7, 11) is 1.82. The third-order valence-corrected chi connectivity index (χ3v) is 4.23. The molecule has 2 aromatic carbocycles. The van der Waals surface area contributed by atoms with E-state index in [0.717, 1.165) is 15.7 Å². The highest BCUT2D eigenvalue weighted by Crippen LogP contribution is 2.30. The van der Waals surface area contributed by atoms with E-state index in [0.29, 0.717) is 11.4 Å². The average Bonchev–Trinajstić information content (AvgIpc) is 2.93. The third kappa shape index (κ3) is 3.57. The first-order valence-corrected chi connectivity index (χ1v) is 8.25. The molecule has 8 nitrogen and oxygen atoms in total. The maximum atomic E-state index is 11.2. The molecule has 0 bridgehead atoms. The van der Waals surface area contributed by atoms with Gasteiger partial charge in [-0.15, -0.1) is 0 Å². The molecule has 0 fully saturated rings. The maximum absolute atomic E-state index is 11.2. The zero-order chi connectivity index (χ0) is 18.8. The van der Waals surface area contributed by atoms with Crippen molar-refractivity contribution in [3.63, 3.8) is 0 Å². The van der Waals surface area contributed by atoms with Crippen LogP contribution < -0.4 is 11.1 Å². The summed E-state index contributed by atoms with van der Waals surface area (Å²) in [5, 5.41) is 18.6. The summed E-state index contributed by atoms with van der Waals surface area (Å²) >= 11 is 3.46. The minimum Gasteiger partial charge on any atom is -0.355 e. The molecule has 0 saturated carbocycles. The van der Waals surface area contributed by atoms with Crippen molar-refractivity contribution in [3.8, 4) is 11.3 Å². The van der Waals surface area contributed by atoms with Gasteiger partial charge in [-0.05, 0) is 40.2 Å². The van der Waals surface area contributed by atoms with Gasteiger partial charge in [0.25, 0.3) is 11.6 Å². The number of nitrogens with zero attached hydrogens (tertiary/aromatic N) is 3. The van der Waals surface area contributed by atoms with Gasteiger partial charge in [-0.25, -0.2) is 0 Å². The molecule has 1 heterocycles. The molecule has 0 atom stereocenters. The summed E-state index contributed by atoms with van der Waals surface area (Å²) in [6, 6.07) is 11.5. The number of amides is 1. The predicted octanol–water partition coefficient (Wildman–Crippen LogP) is 3.92. The van der Waals surface area contributed by atoms with Crippen molar-refractivity contribution < 1.29 is 9.72 Å². The zero-order valence-electron chi connectivity index (χ0n) is 13.6. The lowest BCUT2D eigenvalue weighted by molar-refractivity contribution is -0.385. The van der Waals surface area contributed by atoms with Gasteiger partial charge in [0.1, 0.15) is 11.3 Å². The van der Waals surface area contributed by atoms with Crippen LogP contribution in [0.15, 0.2) is 53.1 Å². The molecule has 3 rings (SSSR count). The van der Waals surface area contributed by atoms with Crippen molar-refractivity contribution in [1.82, 2.24) is 15.5 Å². The van der Waals surface area contributed by atoms with E-state index in [4.69, 9.17) is 5.73 Å². The van der Waals surface area contributed by atoms with Crippen molar-refractivity contribution in [2.75, 3.05) is 5.32 Å². The first-order chi connectivity index (χ1) is 12.3. The quantitative estimate of drug-likeness (QED) is 0.501. The number of anilines is 2. The first kappa shape index (κ1) is 17.6. The van der Waals surface area contributed by atoms with Crippen LogP contribution >= 0.6 is 15.9 Å². The van der Waals surface area contributed by atoms with Gasteiger partial charge in [0.15, 0.2) is 0 Å². The summed E-state index contributed by atoms with van der Waals surface area (Å²) in [4.78, 5) is 21.7. The number of nitrogens with one attached hydrogen (secondary N) is 2. The van der Waals surface area contributed by atoms with Gasteiger partial charge in [-0.3, -0.25) is 25.3 Å². The molecular formula is C17H13BrN5O3. The number of hydrogen-bond acceptors (Lipinski definition) is 5. The van der Waals surface area contributed by atoms with Crippen molar-refractivity contribution >= 4 is 38.9 Å². The summed E-state index contributed by atoms with van der Waals surface area (Å²) < 4.78 is 2.55. The van der Waals surface area contributed by atoms with Crippen LogP contribution in [0.4, 0.5) is 17.1 Å². The van der Waals surface area contributed by atoms with E-state index >= 15 is 0 Å². The molecule has 2 N–H and O–H groups in total. The number of carbonyl (C=O) groups excluding carboxylic acids is 1. The van der Waals surface area contributed by atoms with Gasteiger partial charge in [-0.2, -0.15) is 5.10 Å². The average molecular weight is 415 g/mol. The fraction of sp³-hybridized carbons (Fsp3) is 0.0588. The molecule has 3 aromatic rings. The number of aryl methyl sites for hydroxylation is 1. The lowest BCUT2D eigenvalue weighted by Gasteiger charge is -2.09. The Labute approximate surface area is 156 Å². The number of carbonyl (C=O) groups is 1. The Balaban J connectivity index is 1.93. The number of benzene rings is 2. The van der Waals surface area contributed by atoms with Crippen molar-refractivity contribution in [2.45, 2.75) is 0 Å². The molecule has 0 unspecified atom stereocenters. The smallest absolute Gasteiger partial charge is 0.284 e. The van der Waals surface area contributed by atoms with E-state index in [9.17, 15) is 14.9 Å². The number of rotatable bonds is 5. The van der Waals surface area contributed by atoms with E-state index in [-0.39, 0.29) is 5.56 Å². The van der Waals surface area contributed by atoms with Crippen LogP contribution in [0.5, 0.6) is 0 Å². The monoisotopic (exact) mass is 414 g/mol. The second-order valence-electron chi connectivity index (χ2n) is 5.52. The minimum absolute atomic E-state index is 0.244. The van der Waals surface area contributed by atoms with Gasteiger partial charge in [0.05, 0.1) is 9.40 Å². The van der Waals surface area contributed by atoms with Crippen LogP contribution in [0, 0.1) is 10.1 Å². The summed E-state index contributed by atoms with van der Waals surface area (Å²) in [6.45, 7) is 0. The lowest BCUT2D eigenvalue weighted by atomic mass is 10.1. The number of hydrogen-bond donors (Lipinski definition) is 1. The van der Waals surface area contributed by atoms with Crippen molar-refractivity contribution in [2.24, 2.45) is 7.05 Å². The molecule has 9 heteroatoms. The van der Waals surface area contributed by atoms with E-state index in [1.54, 1.807) is 4.68 Å². The van der Waals surface area contributed by atoms with Gasteiger partial charge in [0.2, 0.25) is 0 Å². The highest BCUT2D eigenvalue weighted by atomic mass is 79.9. The number of nitro benzene ring substituents is 1. The molecule has 1 amide bonds.